The minimum atomic E-state index is -5.24. The maximum atomic E-state index is 14.3. The molecule has 8 nitrogen and oxygen atoms in total. The van der Waals surface area contributed by atoms with E-state index in [0.29, 0.717) is 0 Å². The molecule has 27 heavy (non-hydrogen) atoms. The smallest absolute Gasteiger partial charge is 0.355 e. The average molecular weight is 428 g/mol. The van der Waals surface area contributed by atoms with Crippen LogP contribution in [0.15, 0.2) is 18.2 Å². The van der Waals surface area contributed by atoms with Crippen molar-refractivity contribution in [2.45, 2.75) is 11.9 Å². The van der Waals surface area contributed by atoms with Crippen molar-refractivity contribution in [3.63, 3.8) is 0 Å². The minimum absolute atomic E-state index is 0.0138. The van der Waals surface area contributed by atoms with E-state index in [0.717, 1.165) is 12.1 Å². The van der Waals surface area contributed by atoms with Gasteiger partial charge >= 0.3 is 5.76 Å². The first-order chi connectivity index (χ1) is 12.6. The lowest BCUT2D eigenvalue weighted by Crippen LogP contribution is -2.23. The van der Waals surface area contributed by atoms with Crippen molar-refractivity contribution in [3.05, 3.63) is 40.4 Å². The monoisotopic (exact) mass is 427 g/mol. The van der Waals surface area contributed by atoms with Crippen LogP contribution in [0.4, 0.5) is 18.9 Å². The first-order valence-electron chi connectivity index (χ1n) is 7.03. The molecule has 0 fully saturated rings. The number of halogens is 4. The van der Waals surface area contributed by atoms with Gasteiger partial charge in [-0.1, -0.05) is 17.7 Å². The number of aromatic nitrogens is 2. The molecule has 0 bridgehead atoms. The summed E-state index contributed by atoms with van der Waals surface area (Å²) in [4.78, 5) is 7.71. The number of benzene rings is 1. The van der Waals surface area contributed by atoms with Gasteiger partial charge in [-0.25, -0.2) is 12.8 Å². The minimum Gasteiger partial charge on any atom is -0.481 e. The van der Waals surface area contributed by atoms with Crippen molar-refractivity contribution in [1.82, 2.24) is 9.97 Å². The van der Waals surface area contributed by atoms with Crippen molar-refractivity contribution in [3.8, 4) is 11.8 Å². The summed E-state index contributed by atoms with van der Waals surface area (Å²) in [6.07, 6.45) is -1.82. The van der Waals surface area contributed by atoms with Gasteiger partial charge in [0, 0.05) is 5.56 Å². The fraction of sp³-hybridized carbons (Fsp3) is 0.286. The van der Waals surface area contributed by atoms with Crippen LogP contribution >= 0.6 is 11.6 Å². The highest BCUT2D eigenvalue weighted by Crippen LogP contribution is 2.35. The number of anilines is 1. The fourth-order valence-electron chi connectivity index (χ4n) is 1.98. The predicted octanol–water partition coefficient (Wildman–Crippen LogP) is 2.33. The summed E-state index contributed by atoms with van der Waals surface area (Å²) in [6, 6.07) is 3.33. The number of aliphatic hydroxyl groups is 1. The van der Waals surface area contributed by atoms with Crippen LogP contribution in [0.2, 0.25) is 5.02 Å². The molecule has 0 saturated carbocycles. The van der Waals surface area contributed by atoms with E-state index in [-0.39, 0.29) is 17.6 Å². The predicted molar refractivity (Wildman–Crippen MR) is 89.2 cm³/mol. The summed E-state index contributed by atoms with van der Waals surface area (Å²) < 4.78 is 73.8. The second kappa shape index (κ2) is 8.15. The molecule has 1 unspecified atom stereocenters. The zero-order valence-electron chi connectivity index (χ0n) is 13.8. The summed E-state index contributed by atoms with van der Waals surface area (Å²) in [5.74, 6) is -5.58. The van der Waals surface area contributed by atoms with Crippen LogP contribution in [0.3, 0.4) is 0 Å². The molecule has 0 aliphatic carbocycles. The second-order valence-electron chi connectivity index (χ2n) is 4.95. The normalized spacial score (nSPS) is 12.7. The fourth-order valence-corrected chi connectivity index (χ4v) is 2.71. The maximum absolute atomic E-state index is 14.3. The second-order valence-corrected chi connectivity index (χ2v) is 7.00. The molecule has 1 heterocycles. The van der Waals surface area contributed by atoms with E-state index in [1.54, 1.807) is 0 Å². The maximum Gasteiger partial charge on any atom is 0.355 e. The molecule has 0 saturated heterocycles. The Balaban J connectivity index is 2.60. The SMILES string of the molecule is COc1cc(OC)nc(C(O)c2ccc(Cl)c(F)c2NS(=O)(=O)C(F)F)n1. The number of rotatable bonds is 7. The highest BCUT2D eigenvalue weighted by Gasteiger charge is 2.30. The third kappa shape index (κ3) is 4.51. The lowest BCUT2D eigenvalue weighted by Gasteiger charge is -2.18. The number of hydrogen-bond acceptors (Lipinski definition) is 7. The molecule has 2 rings (SSSR count). The Morgan fingerprint density at radius 1 is 1.19 bits per heavy atom. The van der Waals surface area contributed by atoms with E-state index < -0.39 is 44.0 Å². The van der Waals surface area contributed by atoms with Crippen LogP contribution < -0.4 is 14.2 Å². The third-order valence-electron chi connectivity index (χ3n) is 3.26. The molecule has 1 aromatic carbocycles. The highest BCUT2D eigenvalue weighted by atomic mass is 35.5. The Hall–Kier alpha value is -2.31. The van der Waals surface area contributed by atoms with E-state index in [1.165, 1.54) is 25.0 Å². The van der Waals surface area contributed by atoms with Crippen LogP contribution in [-0.4, -0.2) is 43.5 Å². The quantitative estimate of drug-likeness (QED) is 0.697. The van der Waals surface area contributed by atoms with Gasteiger partial charge in [0.15, 0.2) is 11.6 Å². The number of nitrogens with one attached hydrogen (secondary N) is 1. The molecule has 1 atom stereocenters. The largest absolute Gasteiger partial charge is 0.481 e. The molecule has 1 aromatic heterocycles. The molecular formula is C14H13ClF3N3O5S. The van der Waals surface area contributed by atoms with Gasteiger partial charge < -0.3 is 14.6 Å². The number of aliphatic hydroxyl groups excluding tert-OH is 1. The van der Waals surface area contributed by atoms with Crippen molar-refractivity contribution in [1.29, 1.82) is 0 Å². The summed E-state index contributed by atoms with van der Waals surface area (Å²) >= 11 is 5.59. The zero-order chi connectivity index (χ0) is 20.4. The van der Waals surface area contributed by atoms with Gasteiger partial charge in [0.2, 0.25) is 11.8 Å². The summed E-state index contributed by atoms with van der Waals surface area (Å²) in [5.41, 5.74) is -1.41. The van der Waals surface area contributed by atoms with Crippen LogP contribution in [0.25, 0.3) is 0 Å². The van der Waals surface area contributed by atoms with E-state index in [9.17, 15) is 26.7 Å². The molecule has 0 amide bonds. The molecule has 2 aromatic rings. The van der Waals surface area contributed by atoms with Gasteiger partial charge in [-0.15, -0.1) is 0 Å². The van der Waals surface area contributed by atoms with Crippen molar-refractivity contribution >= 4 is 27.3 Å². The Morgan fingerprint density at radius 2 is 1.74 bits per heavy atom. The molecule has 0 spiro atoms. The molecule has 148 valence electrons. The van der Waals surface area contributed by atoms with Crippen molar-refractivity contribution < 1.29 is 36.2 Å². The third-order valence-corrected chi connectivity index (χ3v) is 4.51. The van der Waals surface area contributed by atoms with E-state index in [1.807, 2.05) is 0 Å². The molecule has 13 heteroatoms. The lowest BCUT2D eigenvalue weighted by molar-refractivity contribution is 0.206. The van der Waals surface area contributed by atoms with Gasteiger partial charge in [-0.05, 0) is 6.07 Å². The summed E-state index contributed by atoms with van der Waals surface area (Å²) in [5, 5.41) is 9.94. The van der Waals surface area contributed by atoms with Gasteiger partial charge in [-0.3, -0.25) is 4.72 Å². The topological polar surface area (TPSA) is 111 Å². The molecule has 0 aliphatic rings. The van der Waals surface area contributed by atoms with Gasteiger partial charge in [0.05, 0.1) is 31.0 Å². The van der Waals surface area contributed by atoms with Gasteiger partial charge in [-0.2, -0.15) is 18.7 Å². The Kier molecular flexibility index (Phi) is 6.34. The van der Waals surface area contributed by atoms with Crippen LogP contribution in [-0.2, 0) is 10.0 Å². The molecular weight excluding hydrogens is 415 g/mol. The number of ether oxygens (including phenoxy) is 2. The molecule has 0 aliphatic heterocycles. The first-order valence-corrected chi connectivity index (χ1v) is 8.95. The first kappa shape index (κ1) is 21.0. The number of nitrogens with zero attached hydrogens (tertiary/aromatic N) is 2. The summed E-state index contributed by atoms with van der Waals surface area (Å²) in [6.45, 7) is 0. The number of hydrogen-bond donors (Lipinski definition) is 2. The zero-order valence-corrected chi connectivity index (χ0v) is 15.4. The number of sulfonamides is 1. The van der Waals surface area contributed by atoms with Gasteiger partial charge in [0.25, 0.3) is 10.0 Å². The van der Waals surface area contributed by atoms with E-state index in [4.69, 9.17) is 21.1 Å². The average Bonchev–Trinajstić information content (AvgIpc) is 2.64. The summed E-state index contributed by atoms with van der Waals surface area (Å²) in [7, 11) is -2.68. The van der Waals surface area contributed by atoms with Crippen molar-refractivity contribution in [2.75, 3.05) is 18.9 Å². The number of alkyl halides is 2. The van der Waals surface area contributed by atoms with Crippen LogP contribution in [0.5, 0.6) is 11.8 Å². The van der Waals surface area contributed by atoms with Crippen molar-refractivity contribution in [2.24, 2.45) is 0 Å². The Labute approximate surface area is 157 Å². The lowest BCUT2D eigenvalue weighted by atomic mass is 10.1. The van der Waals surface area contributed by atoms with Gasteiger partial charge in [0.1, 0.15) is 6.10 Å². The standard InChI is InChI=1S/C14H13ClF3N3O5S/c1-25-8-5-9(26-2)20-13(19-8)12(22)6-3-4-7(15)10(16)11(6)21-27(23,24)14(17)18/h3-5,12,14,21-22H,1-2H3. The molecule has 2 N–H and O–H groups in total. The number of methoxy groups -OCH3 is 2. The van der Waals surface area contributed by atoms with Crippen LogP contribution in [0.1, 0.15) is 17.5 Å². The molecule has 0 radical (unpaired) electrons. The highest BCUT2D eigenvalue weighted by molar-refractivity contribution is 7.93. The Morgan fingerprint density at radius 3 is 2.22 bits per heavy atom. The van der Waals surface area contributed by atoms with Crippen LogP contribution in [0, 0.1) is 5.82 Å². The van der Waals surface area contributed by atoms with E-state index >= 15 is 0 Å². The van der Waals surface area contributed by atoms with E-state index in [2.05, 4.69) is 9.97 Å². The Bertz CT molecular complexity index is 924.